The highest BCUT2D eigenvalue weighted by molar-refractivity contribution is 7.12. The molecule has 2 unspecified atom stereocenters. The molecule has 3 nitrogen and oxygen atoms in total. The molecule has 2 N–H and O–H groups in total. The summed E-state index contributed by atoms with van der Waals surface area (Å²) >= 11 is 1.54. The monoisotopic (exact) mass is 311 g/mol. The van der Waals surface area contributed by atoms with Gasteiger partial charge in [0.05, 0.1) is 17.1 Å². The van der Waals surface area contributed by atoms with Gasteiger partial charge >= 0.3 is 0 Å². The molecule has 1 heterocycles. The second-order valence-electron chi connectivity index (χ2n) is 5.55. The van der Waals surface area contributed by atoms with Crippen LogP contribution in [0.4, 0.5) is 0 Å². The van der Waals surface area contributed by atoms with Gasteiger partial charge in [0.2, 0.25) is 0 Å². The van der Waals surface area contributed by atoms with Crippen molar-refractivity contribution < 1.29 is 10.2 Å². The Morgan fingerprint density at radius 1 is 1.14 bits per heavy atom. The Morgan fingerprint density at radius 3 is 2.62 bits per heavy atom. The number of thiazole rings is 1. The van der Waals surface area contributed by atoms with E-state index >= 15 is 0 Å². The van der Waals surface area contributed by atoms with E-state index in [4.69, 9.17) is 0 Å². The van der Waals surface area contributed by atoms with Crippen LogP contribution in [-0.4, -0.2) is 21.3 Å². The maximum atomic E-state index is 10.0. The molecule has 0 spiro atoms. The fourth-order valence-electron chi connectivity index (χ4n) is 2.15. The number of hydrogen-bond donors (Lipinski definition) is 2. The number of aliphatic hydroxyl groups is 2. The van der Waals surface area contributed by atoms with E-state index in [0.29, 0.717) is 6.42 Å². The third-order valence-electron chi connectivity index (χ3n) is 3.51. The molecular formula is C17H29NO2S. The zero-order valence-electron chi connectivity index (χ0n) is 13.3. The van der Waals surface area contributed by atoms with Crippen LogP contribution < -0.4 is 0 Å². The zero-order valence-corrected chi connectivity index (χ0v) is 14.1. The minimum Gasteiger partial charge on any atom is -0.393 e. The summed E-state index contributed by atoms with van der Waals surface area (Å²) in [6.45, 7) is 4.29. The van der Waals surface area contributed by atoms with Crippen molar-refractivity contribution in [2.24, 2.45) is 0 Å². The molecule has 0 saturated heterocycles. The predicted molar refractivity (Wildman–Crippen MR) is 90.4 cm³/mol. The maximum Gasteiger partial charge on any atom is 0.116 e. The van der Waals surface area contributed by atoms with Crippen LogP contribution >= 0.6 is 11.3 Å². The van der Waals surface area contributed by atoms with E-state index < -0.39 is 0 Å². The first-order chi connectivity index (χ1) is 10.2. The molecule has 0 radical (unpaired) electrons. The van der Waals surface area contributed by atoms with Crippen LogP contribution in [0.3, 0.4) is 0 Å². The second kappa shape index (κ2) is 10.9. The van der Waals surface area contributed by atoms with Crippen molar-refractivity contribution in [3.63, 3.8) is 0 Å². The first-order valence-corrected chi connectivity index (χ1v) is 8.97. The number of rotatable bonds is 11. The average Bonchev–Trinajstić information content (AvgIpc) is 2.94. The summed E-state index contributed by atoms with van der Waals surface area (Å²) in [6.07, 6.45) is 13.0. The van der Waals surface area contributed by atoms with Gasteiger partial charge in [0.15, 0.2) is 0 Å². The molecule has 0 aliphatic heterocycles. The van der Waals surface area contributed by atoms with Gasteiger partial charge in [-0.25, -0.2) is 4.98 Å². The average molecular weight is 311 g/mol. The summed E-state index contributed by atoms with van der Waals surface area (Å²) < 4.78 is 0. The van der Waals surface area contributed by atoms with Gasteiger partial charge in [0.25, 0.3) is 0 Å². The highest BCUT2D eigenvalue weighted by Crippen LogP contribution is 2.25. The van der Waals surface area contributed by atoms with E-state index in [1.54, 1.807) is 6.20 Å². The maximum absolute atomic E-state index is 10.0. The highest BCUT2D eigenvalue weighted by Gasteiger charge is 2.10. The lowest BCUT2D eigenvalue weighted by atomic mass is 10.1. The van der Waals surface area contributed by atoms with Gasteiger partial charge in [-0.05, 0) is 25.3 Å². The van der Waals surface area contributed by atoms with Crippen LogP contribution in [0.2, 0.25) is 0 Å². The van der Waals surface area contributed by atoms with Crippen molar-refractivity contribution in [1.82, 2.24) is 4.98 Å². The van der Waals surface area contributed by atoms with Crippen molar-refractivity contribution in [1.29, 1.82) is 0 Å². The topological polar surface area (TPSA) is 53.4 Å². The first kappa shape index (κ1) is 18.3. The lowest BCUT2D eigenvalue weighted by Gasteiger charge is -2.06. The van der Waals surface area contributed by atoms with Crippen molar-refractivity contribution in [2.45, 2.75) is 77.4 Å². The Bertz CT molecular complexity index is 403. The number of aliphatic hydroxyl groups excluding tert-OH is 2. The Morgan fingerprint density at radius 2 is 1.90 bits per heavy atom. The predicted octanol–water partition coefficient (Wildman–Crippen LogP) is 4.71. The zero-order chi connectivity index (χ0) is 15.5. The molecule has 0 fully saturated rings. The Kier molecular flexibility index (Phi) is 9.55. The quantitative estimate of drug-likeness (QED) is 0.582. The normalized spacial score (nSPS) is 14.7. The molecule has 1 aromatic rings. The van der Waals surface area contributed by atoms with Crippen LogP contribution in [-0.2, 0) is 0 Å². The molecule has 2 atom stereocenters. The Labute approximate surface area is 132 Å². The molecule has 4 heteroatoms. The van der Waals surface area contributed by atoms with Crippen molar-refractivity contribution in [3.8, 4) is 0 Å². The smallest absolute Gasteiger partial charge is 0.116 e. The molecule has 1 rings (SSSR count). The van der Waals surface area contributed by atoms with E-state index in [9.17, 15) is 10.2 Å². The first-order valence-electron chi connectivity index (χ1n) is 8.15. The Hall–Kier alpha value is -0.710. The molecule has 120 valence electrons. The van der Waals surface area contributed by atoms with Gasteiger partial charge in [-0.2, -0.15) is 0 Å². The van der Waals surface area contributed by atoms with Crippen molar-refractivity contribution in [2.75, 3.05) is 0 Å². The van der Waals surface area contributed by atoms with E-state index in [1.807, 2.05) is 12.2 Å². The lowest BCUT2D eigenvalue weighted by molar-refractivity contribution is 0.164. The van der Waals surface area contributed by atoms with E-state index in [0.717, 1.165) is 42.0 Å². The molecule has 21 heavy (non-hydrogen) atoms. The largest absolute Gasteiger partial charge is 0.393 e. The molecule has 0 saturated carbocycles. The van der Waals surface area contributed by atoms with Crippen molar-refractivity contribution >= 4 is 17.4 Å². The number of aromatic nitrogens is 1. The fraction of sp³-hybridized carbons (Fsp3) is 0.706. The van der Waals surface area contributed by atoms with Crippen LogP contribution in [0.5, 0.6) is 0 Å². The third kappa shape index (κ3) is 7.74. The van der Waals surface area contributed by atoms with E-state index in [-0.39, 0.29) is 12.2 Å². The minimum absolute atomic E-state index is 0.248. The van der Waals surface area contributed by atoms with Crippen LogP contribution in [0.15, 0.2) is 12.3 Å². The fourth-order valence-corrected chi connectivity index (χ4v) is 3.02. The molecular weight excluding hydrogens is 282 g/mol. The summed E-state index contributed by atoms with van der Waals surface area (Å²) in [6, 6.07) is 0. The Balaban J connectivity index is 2.34. The molecule has 0 aliphatic carbocycles. The molecule has 0 aromatic carbocycles. The van der Waals surface area contributed by atoms with E-state index in [2.05, 4.69) is 18.8 Å². The number of nitrogens with zero attached hydrogens (tertiary/aromatic N) is 1. The van der Waals surface area contributed by atoms with Gasteiger partial charge in [0, 0.05) is 6.20 Å². The van der Waals surface area contributed by atoms with E-state index in [1.165, 1.54) is 24.2 Å². The minimum atomic E-state index is -0.385. The number of unbranched alkanes of at least 4 members (excludes halogenated alkanes) is 3. The van der Waals surface area contributed by atoms with Gasteiger partial charge < -0.3 is 10.2 Å². The summed E-state index contributed by atoms with van der Waals surface area (Å²) in [7, 11) is 0. The van der Waals surface area contributed by atoms with Crippen LogP contribution in [0.25, 0.3) is 6.08 Å². The molecule has 0 aliphatic rings. The standard InChI is InChI=1S/C17H29NO2S/c1-3-5-7-9-14(19)10-8-12-17-18-13-16(21-17)15(20)11-6-4-2/h8,12-15,19-20H,3-7,9-11H2,1-2H3/b12-8+. The van der Waals surface area contributed by atoms with Gasteiger partial charge in [-0.1, -0.05) is 52.0 Å². The summed E-state index contributed by atoms with van der Waals surface area (Å²) in [5.41, 5.74) is 0. The summed E-state index contributed by atoms with van der Waals surface area (Å²) in [4.78, 5) is 5.24. The van der Waals surface area contributed by atoms with Gasteiger partial charge in [0.1, 0.15) is 5.01 Å². The van der Waals surface area contributed by atoms with Crippen LogP contribution in [0.1, 0.15) is 81.2 Å². The third-order valence-corrected chi connectivity index (χ3v) is 4.57. The SMILES string of the molecule is CCCCCC(O)C/C=C/c1ncc(C(O)CCCC)s1. The summed E-state index contributed by atoms with van der Waals surface area (Å²) in [5, 5.41) is 20.7. The summed E-state index contributed by atoms with van der Waals surface area (Å²) in [5.74, 6) is 0. The highest BCUT2D eigenvalue weighted by atomic mass is 32.1. The van der Waals surface area contributed by atoms with Crippen molar-refractivity contribution in [3.05, 3.63) is 22.2 Å². The lowest BCUT2D eigenvalue weighted by Crippen LogP contribution is -2.03. The molecule has 0 amide bonds. The molecule has 0 bridgehead atoms. The van der Waals surface area contributed by atoms with Gasteiger partial charge in [-0.15, -0.1) is 11.3 Å². The second-order valence-corrected chi connectivity index (χ2v) is 6.64. The van der Waals surface area contributed by atoms with Crippen LogP contribution in [0, 0.1) is 0 Å². The van der Waals surface area contributed by atoms with Gasteiger partial charge in [-0.3, -0.25) is 0 Å². The number of hydrogen-bond acceptors (Lipinski definition) is 4. The molecule has 1 aromatic heterocycles.